The van der Waals surface area contributed by atoms with Crippen molar-refractivity contribution in [2.24, 2.45) is 0 Å². The molecule has 11 nitrogen and oxygen atoms in total. The van der Waals surface area contributed by atoms with Gasteiger partial charge in [-0.3, -0.25) is 4.98 Å². The van der Waals surface area contributed by atoms with Crippen molar-refractivity contribution in [2.45, 2.75) is 64.5 Å². The SMILES string of the molecule is Cc1c(-c2cc(OCC(C)(O)c3ccc(F)cn3)c3c(Cl)cnn3c2)nnn1[C@@H]1CCN(C(=O)OC(C)(C)C)C[C@H]1F. The minimum atomic E-state index is -1.55. The summed E-state index contributed by atoms with van der Waals surface area (Å²) in [4.78, 5) is 17.8. The number of likely N-dealkylation sites (tertiary alicyclic amines) is 1. The van der Waals surface area contributed by atoms with E-state index < -0.39 is 35.3 Å². The Labute approximate surface area is 246 Å². The number of ether oxygens (including phenoxy) is 2. The van der Waals surface area contributed by atoms with Gasteiger partial charge in [0, 0.05) is 18.3 Å². The summed E-state index contributed by atoms with van der Waals surface area (Å²) >= 11 is 6.39. The Morgan fingerprint density at radius 2 is 2.00 bits per heavy atom. The predicted octanol–water partition coefficient (Wildman–Crippen LogP) is 4.90. The Hall–Kier alpha value is -3.84. The molecule has 42 heavy (non-hydrogen) atoms. The molecule has 1 saturated heterocycles. The van der Waals surface area contributed by atoms with Crippen LogP contribution in [0.2, 0.25) is 5.02 Å². The summed E-state index contributed by atoms with van der Waals surface area (Å²) in [5.74, 6) is -0.215. The van der Waals surface area contributed by atoms with Crippen molar-refractivity contribution in [3.63, 3.8) is 0 Å². The highest BCUT2D eigenvalue weighted by Gasteiger charge is 2.36. The van der Waals surface area contributed by atoms with E-state index in [2.05, 4.69) is 20.4 Å². The van der Waals surface area contributed by atoms with Crippen molar-refractivity contribution >= 4 is 23.2 Å². The maximum Gasteiger partial charge on any atom is 0.410 e. The number of piperidine rings is 1. The highest BCUT2D eigenvalue weighted by Crippen LogP contribution is 2.35. The highest BCUT2D eigenvalue weighted by atomic mass is 35.5. The largest absolute Gasteiger partial charge is 0.488 e. The molecule has 0 aromatic carbocycles. The number of aliphatic hydroxyl groups is 1. The monoisotopic (exact) mass is 603 g/mol. The summed E-state index contributed by atoms with van der Waals surface area (Å²) < 4.78 is 43.2. The van der Waals surface area contributed by atoms with Crippen LogP contribution in [0, 0.1) is 12.7 Å². The molecule has 1 amide bonds. The maximum atomic E-state index is 15.4. The van der Waals surface area contributed by atoms with Gasteiger partial charge < -0.3 is 19.5 Å². The summed E-state index contributed by atoms with van der Waals surface area (Å²) in [6, 6.07) is 3.66. The molecule has 5 rings (SSSR count). The number of aromatic nitrogens is 6. The smallest absolute Gasteiger partial charge is 0.410 e. The number of alkyl halides is 1. The number of pyridine rings is 2. The van der Waals surface area contributed by atoms with Crippen LogP contribution in [-0.2, 0) is 10.3 Å². The Balaban J connectivity index is 1.39. The lowest BCUT2D eigenvalue weighted by molar-refractivity contribution is 0.00410. The minimum Gasteiger partial charge on any atom is -0.488 e. The molecule has 0 aliphatic carbocycles. The third kappa shape index (κ3) is 6.02. The van der Waals surface area contributed by atoms with Crippen LogP contribution in [0.15, 0.2) is 36.8 Å². The number of hydrogen-bond donors (Lipinski definition) is 1. The van der Waals surface area contributed by atoms with Gasteiger partial charge in [-0.2, -0.15) is 5.10 Å². The second-order valence-corrected chi connectivity index (χ2v) is 12.0. The zero-order valence-corrected chi connectivity index (χ0v) is 24.6. The summed E-state index contributed by atoms with van der Waals surface area (Å²) in [5.41, 5.74) is 0.132. The first-order chi connectivity index (χ1) is 19.7. The lowest BCUT2D eigenvalue weighted by atomic mass is 10.0. The number of nitrogens with zero attached hydrogens (tertiary/aromatic N) is 7. The van der Waals surface area contributed by atoms with Crippen molar-refractivity contribution in [3.8, 4) is 17.0 Å². The Bertz CT molecular complexity index is 1600. The first-order valence-electron chi connectivity index (χ1n) is 13.4. The van der Waals surface area contributed by atoms with E-state index in [-0.39, 0.29) is 18.8 Å². The third-order valence-electron chi connectivity index (χ3n) is 6.99. The fourth-order valence-corrected chi connectivity index (χ4v) is 5.08. The van der Waals surface area contributed by atoms with Crippen LogP contribution in [0.4, 0.5) is 13.6 Å². The molecule has 224 valence electrons. The number of amides is 1. The average Bonchev–Trinajstić information content (AvgIpc) is 3.48. The molecule has 0 bridgehead atoms. The number of rotatable bonds is 6. The molecular formula is C28H32ClF2N7O4. The molecule has 0 saturated carbocycles. The van der Waals surface area contributed by atoms with Crippen LogP contribution in [0.3, 0.4) is 0 Å². The molecular weight excluding hydrogens is 572 g/mol. The maximum absolute atomic E-state index is 15.4. The van der Waals surface area contributed by atoms with Crippen LogP contribution in [0.1, 0.15) is 51.5 Å². The van der Waals surface area contributed by atoms with E-state index in [1.807, 2.05) is 0 Å². The molecule has 5 heterocycles. The number of fused-ring (bicyclic) bond motifs is 1. The zero-order chi connectivity index (χ0) is 30.4. The van der Waals surface area contributed by atoms with E-state index in [4.69, 9.17) is 21.1 Å². The molecule has 1 aliphatic rings. The minimum absolute atomic E-state index is 0.118. The Morgan fingerprint density at radius 1 is 1.24 bits per heavy atom. The second-order valence-electron chi connectivity index (χ2n) is 11.6. The fourth-order valence-electron chi connectivity index (χ4n) is 4.86. The van der Waals surface area contributed by atoms with E-state index in [9.17, 15) is 14.3 Å². The van der Waals surface area contributed by atoms with E-state index in [0.29, 0.717) is 46.2 Å². The molecule has 1 fully saturated rings. The van der Waals surface area contributed by atoms with Gasteiger partial charge in [0.05, 0.1) is 41.4 Å². The number of halogens is 3. The molecule has 0 spiro atoms. The van der Waals surface area contributed by atoms with Crippen molar-refractivity contribution in [2.75, 3.05) is 19.7 Å². The lowest BCUT2D eigenvalue weighted by Crippen LogP contribution is -2.47. The van der Waals surface area contributed by atoms with Crippen LogP contribution in [0.5, 0.6) is 5.75 Å². The summed E-state index contributed by atoms with van der Waals surface area (Å²) in [7, 11) is 0. The molecule has 4 aromatic heterocycles. The van der Waals surface area contributed by atoms with Crippen molar-refractivity contribution < 1.29 is 28.2 Å². The predicted molar refractivity (Wildman–Crippen MR) is 150 cm³/mol. The standard InChI is InChI=1S/C28H32ClF2N7O4/c1-16-24(34-35-38(16)21-8-9-36(14-20(21)31)26(39)42-27(2,3)4)17-10-22(25-19(29)12-33-37(25)13-17)41-15-28(5,40)23-7-6-18(30)11-32-23/h6-7,10-13,20-21,40H,8-9,14-15H2,1-5H3/t20-,21-,28?/m1/s1. The van der Waals surface area contributed by atoms with Gasteiger partial charge in [-0.05, 0) is 59.2 Å². The molecule has 4 aromatic rings. The van der Waals surface area contributed by atoms with Gasteiger partial charge in [-0.25, -0.2) is 22.8 Å². The van der Waals surface area contributed by atoms with E-state index in [1.165, 1.54) is 39.4 Å². The number of hydrogen-bond acceptors (Lipinski definition) is 8. The zero-order valence-electron chi connectivity index (χ0n) is 23.9. The first kappa shape index (κ1) is 29.6. The number of carbonyl (C=O) groups excluding carboxylic acids is 1. The van der Waals surface area contributed by atoms with Gasteiger partial charge in [-0.1, -0.05) is 16.8 Å². The molecule has 3 atom stereocenters. The lowest BCUT2D eigenvalue weighted by Gasteiger charge is -2.35. The molecule has 1 unspecified atom stereocenters. The van der Waals surface area contributed by atoms with Crippen LogP contribution >= 0.6 is 11.6 Å². The quantitative estimate of drug-likeness (QED) is 0.331. The van der Waals surface area contributed by atoms with Gasteiger partial charge in [0.1, 0.15) is 46.8 Å². The van der Waals surface area contributed by atoms with E-state index in [0.717, 1.165) is 6.20 Å². The van der Waals surface area contributed by atoms with E-state index >= 15 is 4.39 Å². The van der Waals surface area contributed by atoms with Crippen molar-refractivity contribution in [3.05, 3.63) is 59.0 Å². The van der Waals surface area contributed by atoms with Gasteiger partial charge in [0.2, 0.25) is 0 Å². The molecule has 1 aliphatic heterocycles. The van der Waals surface area contributed by atoms with Gasteiger partial charge in [0.15, 0.2) is 0 Å². The number of carbonyl (C=O) groups is 1. The van der Waals surface area contributed by atoms with Crippen LogP contribution < -0.4 is 4.74 Å². The molecule has 0 radical (unpaired) electrons. The Morgan fingerprint density at radius 3 is 2.67 bits per heavy atom. The van der Waals surface area contributed by atoms with Crippen LogP contribution in [0.25, 0.3) is 16.8 Å². The van der Waals surface area contributed by atoms with Crippen molar-refractivity contribution in [1.29, 1.82) is 0 Å². The fraction of sp³-hybridized carbons (Fsp3) is 0.464. The molecule has 14 heteroatoms. The average molecular weight is 604 g/mol. The van der Waals surface area contributed by atoms with Gasteiger partial charge in [0.25, 0.3) is 0 Å². The molecule has 1 N–H and O–H groups in total. The first-order valence-corrected chi connectivity index (χ1v) is 13.8. The van der Waals surface area contributed by atoms with Gasteiger partial charge in [-0.15, -0.1) is 5.10 Å². The normalized spacial score (nSPS) is 19.1. The second kappa shape index (κ2) is 11.1. The third-order valence-corrected chi connectivity index (χ3v) is 7.27. The highest BCUT2D eigenvalue weighted by molar-refractivity contribution is 6.34. The summed E-state index contributed by atoms with van der Waals surface area (Å²) in [6.45, 7) is 8.55. The Kier molecular flexibility index (Phi) is 7.84. The summed E-state index contributed by atoms with van der Waals surface area (Å²) in [5, 5.41) is 24.2. The van der Waals surface area contributed by atoms with Gasteiger partial charge >= 0.3 is 6.09 Å². The van der Waals surface area contributed by atoms with Crippen LogP contribution in [-0.4, -0.2) is 77.2 Å². The van der Waals surface area contributed by atoms with E-state index in [1.54, 1.807) is 40.0 Å². The van der Waals surface area contributed by atoms with Crippen molar-refractivity contribution in [1.82, 2.24) is 34.5 Å². The summed E-state index contributed by atoms with van der Waals surface area (Å²) in [6.07, 6.45) is 2.58. The topological polar surface area (TPSA) is 120 Å².